The number of nitriles is 1. The van der Waals surface area contributed by atoms with E-state index in [1.165, 1.54) is 6.92 Å². The Morgan fingerprint density at radius 2 is 1.74 bits per heavy atom. The minimum Gasteiger partial charge on any atom is -0.348 e. The third-order valence-corrected chi connectivity index (χ3v) is 7.69. The second kappa shape index (κ2) is 14.4. The number of ether oxygens (including phenoxy) is 2. The maximum absolute atomic E-state index is 11.7. The number of rotatable bonds is 13. The molecule has 0 bridgehead atoms. The van der Waals surface area contributed by atoms with Crippen LogP contribution in [0.15, 0.2) is 0 Å². The molecule has 9 heteroatoms. The molecule has 1 rings (SSSR count). The lowest BCUT2D eigenvalue weighted by atomic mass is 9.81. The summed E-state index contributed by atoms with van der Waals surface area (Å²) in [5, 5.41) is 11.8. The summed E-state index contributed by atoms with van der Waals surface area (Å²) < 4.78 is 26.4. The Balaban J connectivity index is 2.72. The Bertz CT molecular complexity index is 564. The molecule has 1 fully saturated rings. The quantitative estimate of drug-likeness (QED) is 0.326. The molecule has 0 spiro atoms. The Kier molecular flexibility index (Phi) is 13.1. The van der Waals surface area contributed by atoms with Crippen LogP contribution in [0.2, 0.25) is 0 Å². The van der Waals surface area contributed by atoms with Gasteiger partial charge in [0.2, 0.25) is 5.91 Å². The lowest BCUT2D eigenvalue weighted by molar-refractivity contribution is -0.237. The average molecular weight is 460 g/mol. The van der Waals surface area contributed by atoms with Gasteiger partial charge in [-0.3, -0.25) is 4.79 Å². The number of hydrogen-bond donors (Lipinski definition) is 1. The van der Waals surface area contributed by atoms with E-state index in [1.807, 2.05) is 0 Å². The Morgan fingerprint density at radius 3 is 2.26 bits per heavy atom. The van der Waals surface area contributed by atoms with Gasteiger partial charge in [-0.2, -0.15) is 5.26 Å². The number of carbonyl (C=O) groups is 1. The molecule has 1 aliphatic rings. The smallest absolute Gasteiger partial charge is 0.259 e. The summed E-state index contributed by atoms with van der Waals surface area (Å²) in [6, 6.07) is 2.39. The predicted octanol–water partition coefficient (Wildman–Crippen LogP) is 4.21. The zero-order valence-corrected chi connectivity index (χ0v) is 21.4. The molecule has 1 amide bonds. The Morgan fingerprint density at radius 1 is 1.13 bits per heavy atom. The first-order valence-corrected chi connectivity index (χ1v) is 12.5. The molecule has 0 aromatic heterocycles. The van der Waals surface area contributed by atoms with Gasteiger partial charge in [0.15, 0.2) is 6.29 Å². The molecule has 1 N–H and O–H groups in total. The molecule has 0 aromatic rings. The van der Waals surface area contributed by atoms with E-state index in [1.54, 1.807) is 0 Å². The van der Waals surface area contributed by atoms with E-state index in [2.05, 4.69) is 64.5 Å². The molecule has 31 heavy (non-hydrogen) atoms. The highest BCUT2D eigenvalue weighted by atomic mass is 31.2. The topological polar surface area (TPSA) is 93.1 Å². The maximum Gasteiger partial charge on any atom is 0.259 e. The van der Waals surface area contributed by atoms with Crippen molar-refractivity contribution in [2.75, 3.05) is 19.8 Å². The third kappa shape index (κ3) is 8.92. The van der Waals surface area contributed by atoms with Crippen LogP contribution in [0.3, 0.4) is 0 Å². The van der Waals surface area contributed by atoms with E-state index in [0.717, 1.165) is 6.42 Å². The first kappa shape index (κ1) is 28.2. The van der Waals surface area contributed by atoms with Crippen LogP contribution in [-0.4, -0.2) is 60.9 Å². The van der Waals surface area contributed by atoms with Gasteiger partial charge in [-0.05, 0) is 46.0 Å². The van der Waals surface area contributed by atoms with Crippen molar-refractivity contribution in [2.45, 2.75) is 98.8 Å². The third-order valence-electron chi connectivity index (χ3n) is 5.59. The van der Waals surface area contributed by atoms with Gasteiger partial charge < -0.3 is 23.8 Å². The van der Waals surface area contributed by atoms with Crippen molar-refractivity contribution in [3.63, 3.8) is 0 Å². The molecule has 1 saturated heterocycles. The zero-order valence-electron chi connectivity index (χ0n) is 20.5. The van der Waals surface area contributed by atoms with Crippen LogP contribution in [0, 0.1) is 23.2 Å². The first-order chi connectivity index (χ1) is 14.6. The molecular formula is C22H42N3O5P. The standard InChI is InChI=1S/C22H42N3O5P/c1-9-20-17(6)18(7)21(24-19(8)26)22(30-20)27-13-14-29-31(28-12-10-11-23)25(15(2)3)16(4)5/h15-18,20-22H,9-10,12-14H2,1-8H3,(H,24,26). The lowest BCUT2D eigenvalue weighted by Gasteiger charge is -2.44. The van der Waals surface area contributed by atoms with Crippen molar-refractivity contribution in [3.05, 3.63) is 0 Å². The van der Waals surface area contributed by atoms with Crippen LogP contribution in [0.25, 0.3) is 0 Å². The van der Waals surface area contributed by atoms with E-state index >= 15 is 0 Å². The van der Waals surface area contributed by atoms with E-state index in [4.69, 9.17) is 23.8 Å². The molecule has 1 aliphatic heterocycles. The molecule has 1 heterocycles. The van der Waals surface area contributed by atoms with Crippen LogP contribution in [-0.2, 0) is 23.3 Å². The highest BCUT2D eigenvalue weighted by molar-refractivity contribution is 7.44. The number of nitrogens with one attached hydrogen (secondary N) is 1. The summed E-state index contributed by atoms with van der Waals surface area (Å²) in [7, 11) is -1.30. The van der Waals surface area contributed by atoms with Gasteiger partial charge in [-0.1, -0.05) is 20.8 Å². The van der Waals surface area contributed by atoms with Crippen LogP contribution in [0.5, 0.6) is 0 Å². The molecule has 6 unspecified atom stereocenters. The fraction of sp³-hybridized carbons (Fsp3) is 0.909. The lowest BCUT2D eigenvalue weighted by Crippen LogP contribution is -2.57. The van der Waals surface area contributed by atoms with Crippen molar-refractivity contribution in [3.8, 4) is 6.07 Å². The highest BCUT2D eigenvalue weighted by Gasteiger charge is 2.41. The van der Waals surface area contributed by atoms with E-state index in [9.17, 15) is 4.79 Å². The summed E-state index contributed by atoms with van der Waals surface area (Å²) in [6.45, 7) is 17.3. The van der Waals surface area contributed by atoms with Crippen molar-refractivity contribution < 1.29 is 23.3 Å². The van der Waals surface area contributed by atoms with Gasteiger partial charge in [0, 0.05) is 19.0 Å². The van der Waals surface area contributed by atoms with Gasteiger partial charge in [-0.15, -0.1) is 0 Å². The van der Waals surface area contributed by atoms with Gasteiger partial charge >= 0.3 is 0 Å². The average Bonchev–Trinajstić information content (AvgIpc) is 2.69. The van der Waals surface area contributed by atoms with Gasteiger partial charge in [-0.25, -0.2) is 4.67 Å². The number of hydrogen-bond acceptors (Lipinski definition) is 7. The molecule has 6 atom stereocenters. The first-order valence-electron chi connectivity index (χ1n) is 11.4. The fourth-order valence-electron chi connectivity index (χ4n) is 3.93. The van der Waals surface area contributed by atoms with Crippen molar-refractivity contribution in [1.82, 2.24) is 9.99 Å². The van der Waals surface area contributed by atoms with Crippen molar-refractivity contribution >= 4 is 14.4 Å². The van der Waals surface area contributed by atoms with Crippen molar-refractivity contribution in [2.24, 2.45) is 11.8 Å². The van der Waals surface area contributed by atoms with Crippen LogP contribution >= 0.6 is 8.53 Å². The molecule has 0 radical (unpaired) electrons. The Hall–Kier alpha value is -0.810. The normalized spacial score (nSPS) is 27.5. The second-order valence-electron chi connectivity index (χ2n) is 8.65. The van der Waals surface area contributed by atoms with E-state index in [0.29, 0.717) is 32.2 Å². The Labute approximate surface area is 189 Å². The zero-order chi connectivity index (χ0) is 23.6. The minimum atomic E-state index is -1.30. The largest absolute Gasteiger partial charge is 0.348 e. The summed E-state index contributed by atoms with van der Waals surface area (Å²) in [5.74, 6) is 0.466. The second-order valence-corrected chi connectivity index (χ2v) is 10.1. The van der Waals surface area contributed by atoms with Gasteiger partial charge in [0.25, 0.3) is 8.53 Å². The summed E-state index contributed by atoms with van der Waals surface area (Å²) >= 11 is 0. The van der Waals surface area contributed by atoms with Crippen LogP contribution in [0.1, 0.15) is 68.2 Å². The van der Waals surface area contributed by atoms with E-state index in [-0.39, 0.29) is 36.1 Å². The fourth-order valence-corrected chi connectivity index (χ4v) is 5.51. The maximum atomic E-state index is 11.7. The molecule has 0 saturated carbocycles. The van der Waals surface area contributed by atoms with Gasteiger partial charge in [0.1, 0.15) is 0 Å². The number of carbonyl (C=O) groups excluding carboxylic acids is 1. The van der Waals surface area contributed by atoms with E-state index < -0.39 is 14.8 Å². The molecule has 0 aromatic carbocycles. The highest BCUT2D eigenvalue weighted by Crippen LogP contribution is 2.45. The number of nitrogens with zero attached hydrogens (tertiary/aromatic N) is 2. The van der Waals surface area contributed by atoms with Crippen LogP contribution in [0.4, 0.5) is 0 Å². The molecule has 8 nitrogen and oxygen atoms in total. The monoisotopic (exact) mass is 459 g/mol. The summed E-state index contributed by atoms with van der Waals surface area (Å²) in [4.78, 5) is 11.7. The van der Waals surface area contributed by atoms with Crippen molar-refractivity contribution in [1.29, 1.82) is 5.26 Å². The minimum absolute atomic E-state index is 0.0913. The van der Waals surface area contributed by atoms with Crippen LogP contribution < -0.4 is 5.32 Å². The summed E-state index contributed by atoms with van der Waals surface area (Å²) in [6.07, 6.45) is 0.797. The SMILES string of the molecule is CCC1OC(OCCOP(OCCC#N)N(C(C)C)C(C)C)C(NC(C)=O)C(C)C1C. The predicted molar refractivity (Wildman–Crippen MR) is 122 cm³/mol. The molecular weight excluding hydrogens is 417 g/mol. The number of amides is 1. The summed E-state index contributed by atoms with van der Waals surface area (Å²) in [5.41, 5.74) is 0. The van der Waals surface area contributed by atoms with Gasteiger partial charge in [0.05, 0.1) is 44.5 Å². The molecule has 180 valence electrons. The molecule has 0 aliphatic carbocycles.